The Bertz CT molecular complexity index is 1600. The summed E-state index contributed by atoms with van der Waals surface area (Å²) in [7, 11) is 3.21. The van der Waals surface area contributed by atoms with Crippen molar-refractivity contribution in [2.75, 3.05) is 37.5 Å². The highest BCUT2D eigenvalue weighted by Crippen LogP contribution is 2.51. The van der Waals surface area contributed by atoms with Crippen molar-refractivity contribution in [1.29, 1.82) is 5.26 Å². The van der Waals surface area contributed by atoms with Crippen LogP contribution in [0, 0.1) is 11.3 Å². The predicted molar refractivity (Wildman–Crippen MR) is 162 cm³/mol. The number of amides is 1. The van der Waals surface area contributed by atoms with Crippen molar-refractivity contribution in [3.05, 3.63) is 87.8 Å². The molecule has 0 unspecified atom stereocenters. The van der Waals surface area contributed by atoms with Crippen LogP contribution in [0.1, 0.15) is 18.1 Å². The number of fused-ring (bicyclic) bond motifs is 1. The van der Waals surface area contributed by atoms with Gasteiger partial charge in [0.2, 0.25) is 0 Å². The lowest BCUT2D eigenvalue weighted by Crippen LogP contribution is -2.29. The first kappa shape index (κ1) is 28.1. The third-order valence-corrected chi connectivity index (χ3v) is 8.77. The van der Waals surface area contributed by atoms with Crippen LogP contribution in [0.4, 0.5) is 17.1 Å². The zero-order valence-electron chi connectivity index (χ0n) is 22.7. The van der Waals surface area contributed by atoms with Gasteiger partial charge < -0.3 is 19.7 Å². The van der Waals surface area contributed by atoms with E-state index in [4.69, 9.17) is 9.73 Å². The summed E-state index contributed by atoms with van der Waals surface area (Å²) in [5.41, 5.74) is 3.70. The van der Waals surface area contributed by atoms with Gasteiger partial charge in [-0.2, -0.15) is 5.26 Å². The molecule has 0 atom stereocenters. The SMILES string of the molecule is CCNc1ccc(C#N)cc1/N=C1/S/C(=C2\Sc3ccc(OCC(=O)OC)cc3N2C)C(=O)N1Cc1ccccc1. The first-order chi connectivity index (χ1) is 19.9. The molecule has 1 N–H and O–H groups in total. The molecular weight excluding hydrogens is 558 g/mol. The molecular formula is C30H27N5O4S2. The lowest BCUT2D eigenvalue weighted by molar-refractivity contribution is -0.142. The van der Waals surface area contributed by atoms with E-state index in [0.29, 0.717) is 40.2 Å². The normalized spacial score (nSPS) is 17.0. The molecule has 5 rings (SSSR count). The molecule has 3 aromatic rings. The smallest absolute Gasteiger partial charge is 0.343 e. The summed E-state index contributed by atoms with van der Waals surface area (Å²) in [4.78, 5) is 35.6. The van der Waals surface area contributed by atoms with Gasteiger partial charge in [-0.1, -0.05) is 42.1 Å². The standard InChI is InChI=1S/C30H27N5O4S2/c1-4-32-22-12-10-20(16-31)14-23(22)33-30-35(17-19-8-6-5-7-9-19)28(37)27(41-30)29-34(2)24-15-21(11-13-25(24)40-29)39-18-26(36)38-3/h5-15,32H,4,17-18H2,1-3H3/b29-27-,33-30+. The third kappa shape index (κ3) is 6.04. The van der Waals surface area contributed by atoms with Crippen molar-refractivity contribution in [2.24, 2.45) is 4.99 Å². The van der Waals surface area contributed by atoms with Crippen molar-refractivity contribution in [3.63, 3.8) is 0 Å². The summed E-state index contributed by atoms with van der Waals surface area (Å²) in [5, 5.41) is 14.1. The molecule has 208 valence electrons. The highest BCUT2D eigenvalue weighted by Gasteiger charge is 2.39. The Morgan fingerprint density at radius 2 is 1.90 bits per heavy atom. The van der Waals surface area contributed by atoms with Crippen LogP contribution in [-0.2, 0) is 20.9 Å². The molecule has 1 saturated heterocycles. The number of benzene rings is 3. The Balaban J connectivity index is 1.52. The van der Waals surface area contributed by atoms with Crippen molar-refractivity contribution < 1.29 is 19.1 Å². The molecule has 2 aliphatic heterocycles. The summed E-state index contributed by atoms with van der Waals surface area (Å²) < 4.78 is 10.2. The molecule has 11 heteroatoms. The number of methoxy groups -OCH3 is 1. The fourth-order valence-corrected chi connectivity index (χ4v) is 6.59. The first-order valence-corrected chi connectivity index (χ1v) is 14.4. The highest BCUT2D eigenvalue weighted by molar-refractivity contribution is 8.19. The number of carbonyl (C=O) groups excluding carboxylic acids is 2. The molecule has 0 aliphatic carbocycles. The molecule has 0 radical (unpaired) electrons. The maximum absolute atomic E-state index is 14.0. The Labute approximate surface area is 246 Å². The topological polar surface area (TPSA) is 107 Å². The quantitative estimate of drug-likeness (QED) is 0.262. The number of carbonyl (C=O) groups is 2. The van der Waals surface area contributed by atoms with E-state index in [0.717, 1.165) is 26.9 Å². The van der Waals surface area contributed by atoms with Gasteiger partial charge in [-0.15, -0.1) is 0 Å². The van der Waals surface area contributed by atoms with Crippen LogP contribution in [0.15, 0.2) is 86.6 Å². The summed E-state index contributed by atoms with van der Waals surface area (Å²) in [6, 6.07) is 22.8. The average Bonchev–Trinajstić information content (AvgIpc) is 3.48. The highest BCUT2D eigenvalue weighted by atomic mass is 32.2. The van der Waals surface area contributed by atoms with Crippen molar-refractivity contribution in [3.8, 4) is 11.8 Å². The molecule has 0 bridgehead atoms. The molecule has 1 amide bonds. The Morgan fingerprint density at radius 1 is 1.10 bits per heavy atom. The van der Waals surface area contributed by atoms with E-state index in [9.17, 15) is 14.9 Å². The minimum Gasteiger partial charge on any atom is -0.482 e. The van der Waals surface area contributed by atoms with Gasteiger partial charge in [-0.25, -0.2) is 9.79 Å². The number of amidine groups is 1. The number of anilines is 2. The van der Waals surface area contributed by atoms with Gasteiger partial charge in [0.25, 0.3) is 5.91 Å². The van der Waals surface area contributed by atoms with Crippen LogP contribution in [0.3, 0.4) is 0 Å². The van der Waals surface area contributed by atoms with E-state index in [-0.39, 0.29) is 12.5 Å². The van der Waals surface area contributed by atoms with Crippen LogP contribution in [0.5, 0.6) is 5.75 Å². The summed E-state index contributed by atoms with van der Waals surface area (Å²) in [6.45, 7) is 2.84. The second-order valence-corrected chi connectivity index (χ2v) is 11.0. The van der Waals surface area contributed by atoms with Gasteiger partial charge in [0, 0.05) is 24.6 Å². The van der Waals surface area contributed by atoms with Crippen LogP contribution >= 0.6 is 23.5 Å². The molecule has 2 heterocycles. The predicted octanol–water partition coefficient (Wildman–Crippen LogP) is 5.72. The molecule has 3 aromatic carbocycles. The number of aliphatic imine (C=N–C) groups is 1. The molecule has 9 nitrogen and oxygen atoms in total. The number of hydrogen-bond donors (Lipinski definition) is 1. The molecule has 41 heavy (non-hydrogen) atoms. The monoisotopic (exact) mass is 585 g/mol. The maximum atomic E-state index is 14.0. The number of esters is 1. The van der Waals surface area contributed by atoms with Gasteiger partial charge in [0.15, 0.2) is 11.8 Å². The Kier molecular flexibility index (Phi) is 8.52. The van der Waals surface area contributed by atoms with Gasteiger partial charge in [-0.05, 0) is 54.6 Å². The Morgan fingerprint density at radius 3 is 2.63 bits per heavy atom. The minimum absolute atomic E-state index is 0.150. The van der Waals surface area contributed by atoms with Crippen LogP contribution in [0.2, 0.25) is 0 Å². The van der Waals surface area contributed by atoms with E-state index in [1.165, 1.54) is 30.6 Å². The summed E-state index contributed by atoms with van der Waals surface area (Å²) >= 11 is 2.81. The fraction of sp³-hybridized carbons (Fsp3) is 0.200. The lowest BCUT2D eigenvalue weighted by Gasteiger charge is -2.17. The van der Waals surface area contributed by atoms with Gasteiger partial charge in [-0.3, -0.25) is 9.69 Å². The largest absolute Gasteiger partial charge is 0.482 e. The number of nitrogens with zero attached hydrogens (tertiary/aromatic N) is 4. The molecule has 0 aromatic heterocycles. The van der Waals surface area contributed by atoms with E-state index in [1.807, 2.05) is 67.4 Å². The number of rotatable bonds is 8. The first-order valence-electron chi connectivity index (χ1n) is 12.8. The number of nitrogens with one attached hydrogen (secondary N) is 1. The average molecular weight is 586 g/mol. The number of ether oxygens (including phenoxy) is 2. The second kappa shape index (κ2) is 12.4. The minimum atomic E-state index is -0.466. The molecule has 1 fully saturated rings. The maximum Gasteiger partial charge on any atom is 0.343 e. The zero-order valence-corrected chi connectivity index (χ0v) is 24.3. The van der Waals surface area contributed by atoms with Crippen molar-refractivity contribution in [2.45, 2.75) is 18.4 Å². The molecule has 0 saturated carbocycles. The van der Waals surface area contributed by atoms with E-state index < -0.39 is 5.97 Å². The third-order valence-electron chi connectivity index (χ3n) is 6.34. The van der Waals surface area contributed by atoms with Crippen LogP contribution < -0.4 is 15.0 Å². The number of nitriles is 1. The van der Waals surface area contributed by atoms with E-state index in [2.05, 4.69) is 16.1 Å². The molecule has 2 aliphatic rings. The lowest BCUT2D eigenvalue weighted by atomic mass is 10.2. The van der Waals surface area contributed by atoms with Crippen LogP contribution in [-0.4, -0.2) is 49.3 Å². The number of hydrogen-bond acceptors (Lipinski definition) is 10. The van der Waals surface area contributed by atoms with E-state index in [1.54, 1.807) is 23.1 Å². The van der Waals surface area contributed by atoms with Gasteiger partial charge in [0.05, 0.1) is 47.4 Å². The second-order valence-electron chi connectivity index (χ2n) is 9.04. The number of thioether (sulfide) groups is 2. The summed E-state index contributed by atoms with van der Waals surface area (Å²) in [6.07, 6.45) is 0. The van der Waals surface area contributed by atoms with Crippen molar-refractivity contribution >= 4 is 57.6 Å². The zero-order chi connectivity index (χ0) is 28.9. The Hall–Kier alpha value is -4.40. The van der Waals surface area contributed by atoms with Gasteiger partial charge >= 0.3 is 5.97 Å². The van der Waals surface area contributed by atoms with Crippen molar-refractivity contribution in [1.82, 2.24) is 4.90 Å². The summed E-state index contributed by atoms with van der Waals surface area (Å²) in [5.74, 6) is -0.0881. The molecule has 0 spiro atoms. The van der Waals surface area contributed by atoms with Gasteiger partial charge in [0.1, 0.15) is 10.7 Å². The van der Waals surface area contributed by atoms with E-state index >= 15 is 0 Å². The van der Waals surface area contributed by atoms with Crippen LogP contribution in [0.25, 0.3) is 0 Å². The fourth-order valence-electron chi connectivity index (χ4n) is 4.28.